The van der Waals surface area contributed by atoms with Crippen LogP contribution in [-0.2, 0) is 4.79 Å². The maximum Gasteiger partial charge on any atom is 0.323 e. The van der Waals surface area contributed by atoms with Gasteiger partial charge in [0, 0.05) is 18.4 Å². The van der Waals surface area contributed by atoms with E-state index in [0.29, 0.717) is 5.82 Å². The van der Waals surface area contributed by atoms with Crippen LogP contribution in [0.25, 0.3) is 5.82 Å². The second-order valence-electron chi connectivity index (χ2n) is 4.75. The van der Waals surface area contributed by atoms with Crippen molar-refractivity contribution in [3.8, 4) is 5.82 Å². The Kier molecular flexibility index (Phi) is 4.32. The molecule has 0 fully saturated rings. The van der Waals surface area contributed by atoms with Gasteiger partial charge in [-0.3, -0.25) is 9.59 Å². The molecule has 7 nitrogen and oxygen atoms in total. The summed E-state index contributed by atoms with van der Waals surface area (Å²) in [5.74, 6) is -0.966. The Hall–Kier alpha value is -2.70. The van der Waals surface area contributed by atoms with Crippen LogP contribution in [0.5, 0.6) is 0 Å². The highest BCUT2D eigenvalue weighted by Gasteiger charge is 2.22. The Balaban J connectivity index is 2.30. The molecule has 0 aliphatic carbocycles. The van der Waals surface area contributed by atoms with E-state index in [1.165, 1.54) is 9.58 Å². The van der Waals surface area contributed by atoms with Gasteiger partial charge in [-0.15, -0.1) is 0 Å². The first kappa shape index (κ1) is 14.7. The molecule has 1 N–H and O–H groups in total. The predicted molar refractivity (Wildman–Crippen MR) is 75.2 cm³/mol. The molecule has 0 aromatic carbocycles. The van der Waals surface area contributed by atoms with Crippen molar-refractivity contribution in [2.45, 2.75) is 19.9 Å². The normalized spacial score (nSPS) is 10.6. The first-order valence-corrected chi connectivity index (χ1v) is 6.49. The van der Waals surface area contributed by atoms with Crippen LogP contribution < -0.4 is 0 Å². The number of aromatic nitrogens is 3. The summed E-state index contributed by atoms with van der Waals surface area (Å²) >= 11 is 0. The highest BCUT2D eigenvalue weighted by molar-refractivity contribution is 5.94. The average molecular weight is 288 g/mol. The van der Waals surface area contributed by atoms with E-state index in [2.05, 4.69) is 10.1 Å². The first-order chi connectivity index (χ1) is 9.99. The second kappa shape index (κ2) is 6.17. The molecule has 0 bridgehead atoms. The number of carbonyl (C=O) groups is 2. The summed E-state index contributed by atoms with van der Waals surface area (Å²) in [6.45, 7) is 3.17. The highest BCUT2D eigenvalue weighted by Crippen LogP contribution is 2.09. The molecule has 2 heterocycles. The summed E-state index contributed by atoms with van der Waals surface area (Å²) in [6.07, 6.45) is 3.33. The van der Waals surface area contributed by atoms with Gasteiger partial charge >= 0.3 is 5.97 Å². The van der Waals surface area contributed by atoms with Crippen LogP contribution in [-0.4, -0.2) is 49.2 Å². The van der Waals surface area contributed by atoms with E-state index in [0.717, 1.165) is 0 Å². The standard InChI is InChI=1S/C14H16N4O3/c1-10(2)17(9-13(19)20)14(21)11-5-3-6-12(16-11)18-8-4-7-15-18/h3-8,10H,9H2,1-2H3,(H,19,20). The zero-order chi connectivity index (χ0) is 15.4. The topological polar surface area (TPSA) is 88.3 Å². The molecule has 0 aliphatic rings. The van der Waals surface area contributed by atoms with Crippen LogP contribution >= 0.6 is 0 Å². The van der Waals surface area contributed by atoms with Gasteiger partial charge in [0.2, 0.25) is 0 Å². The molecule has 0 saturated heterocycles. The van der Waals surface area contributed by atoms with E-state index < -0.39 is 11.9 Å². The van der Waals surface area contributed by atoms with E-state index in [1.807, 2.05) is 0 Å². The monoisotopic (exact) mass is 288 g/mol. The molecule has 110 valence electrons. The Labute approximate surface area is 121 Å². The molecule has 0 unspecified atom stereocenters. The molecule has 0 radical (unpaired) electrons. The minimum absolute atomic E-state index is 0.193. The van der Waals surface area contributed by atoms with Crippen LogP contribution in [0.2, 0.25) is 0 Å². The fourth-order valence-electron chi connectivity index (χ4n) is 1.86. The maximum absolute atomic E-state index is 12.4. The van der Waals surface area contributed by atoms with E-state index in [-0.39, 0.29) is 18.3 Å². The number of carboxylic acid groups (broad SMARTS) is 1. The fourth-order valence-corrected chi connectivity index (χ4v) is 1.86. The van der Waals surface area contributed by atoms with Crippen molar-refractivity contribution < 1.29 is 14.7 Å². The van der Waals surface area contributed by atoms with Gasteiger partial charge < -0.3 is 10.0 Å². The van der Waals surface area contributed by atoms with E-state index in [9.17, 15) is 9.59 Å². The zero-order valence-electron chi connectivity index (χ0n) is 11.8. The molecule has 21 heavy (non-hydrogen) atoms. The van der Waals surface area contributed by atoms with Crippen LogP contribution in [0, 0.1) is 0 Å². The molecule has 1 amide bonds. The van der Waals surface area contributed by atoms with Crippen LogP contribution in [0.4, 0.5) is 0 Å². The third-order valence-electron chi connectivity index (χ3n) is 2.88. The lowest BCUT2D eigenvalue weighted by atomic mass is 10.2. The minimum atomic E-state index is -1.06. The Morgan fingerprint density at radius 1 is 1.33 bits per heavy atom. The molecule has 2 aromatic rings. The number of carboxylic acids is 1. The lowest BCUT2D eigenvalue weighted by Gasteiger charge is -2.24. The van der Waals surface area contributed by atoms with Gasteiger partial charge in [-0.25, -0.2) is 9.67 Å². The smallest absolute Gasteiger partial charge is 0.323 e. The number of pyridine rings is 1. The van der Waals surface area contributed by atoms with Crippen molar-refractivity contribution in [2.24, 2.45) is 0 Å². The van der Waals surface area contributed by atoms with Crippen molar-refractivity contribution in [3.63, 3.8) is 0 Å². The number of hydrogen-bond donors (Lipinski definition) is 1. The van der Waals surface area contributed by atoms with Gasteiger partial charge in [0.1, 0.15) is 12.2 Å². The zero-order valence-corrected chi connectivity index (χ0v) is 11.8. The van der Waals surface area contributed by atoms with Crippen molar-refractivity contribution in [1.29, 1.82) is 0 Å². The molecular formula is C14H16N4O3. The molecule has 7 heteroatoms. The molecular weight excluding hydrogens is 272 g/mol. The summed E-state index contributed by atoms with van der Waals surface area (Å²) in [5, 5.41) is 13.0. The maximum atomic E-state index is 12.4. The SMILES string of the molecule is CC(C)N(CC(=O)O)C(=O)c1cccc(-n2cccn2)n1. The van der Waals surface area contributed by atoms with E-state index in [4.69, 9.17) is 5.11 Å². The third kappa shape index (κ3) is 3.44. The van der Waals surface area contributed by atoms with Gasteiger partial charge in [0.05, 0.1) is 0 Å². The quantitative estimate of drug-likeness (QED) is 0.893. The number of hydrogen-bond acceptors (Lipinski definition) is 4. The summed E-state index contributed by atoms with van der Waals surface area (Å²) in [5.41, 5.74) is 0.193. The number of carbonyl (C=O) groups excluding carboxylic acids is 1. The first-order valence-electron chi connectivity index (χ1n) is 6.49. The summed E-state index contributed by atoms with van der Waals surface area (Å²) in [4.78, 5) is 28.8. The second-order valence-corrected chi connectivity index (χ2v) is 4.75. The molecule has 0 saturated carbocycles. The predicted octanol–water partition coefficient (Wildman–Crippen LogP) is 1.20. The summed E-state index contributed by atoms with van der Waals surface area (Å²) in [6, 6.07) is 6.49. The highest BCUT2D eigenvalue weighted by atomic mass is 16.4. The van der Waals surface area contributed by atoms with Crippen LogP contribution in [0.3, 0.4) is 0 Å². The Morgan fingerprint density at radius 2 is 2.10 bits per heavy atom. The average Bonchev–Trinajstić information content (AvgIpc) is 2.98. The fraction of sp³-hybridized carbons (Fsp3) is 0.286. The minimum Gasteiger partial charge on any atom is -0.480 e. The molecule has 2 aromatic heterocycles. The van der Waals surface area contributed by atoms with Crippen molar-refractivity contribution in [1.82, 2.24) is 19.7 Å². The number of nitrogens with zero attached hydrogens (tertiary/aromatic N) is 4. The van der Waals surface area contributed by atoms with Crippen LogP contribution in [0.1, 0.15) is 24.3 Å². The third-order valence-corrected chi connectivity index (χ3v) is 2.88. The lowest BCUT2D eigenvalue weighted by Crippen LogP contribution is -2.41. The summed E-state index contributed by atoms with van der Waals surface area (Å²) < 4.78 is 1.54. The van der Waals surface area contributed by atoms with Crippen molar-refractivity contribution >= 4 is 11.9 Å². The Morgan fingerprint density at radius 3 is 2.67 bits per heavy atom. The molecule has 0 aliphatic heterocycles. The van der Waals surface area contributed by atoms with E-state index in [1.54, 1.807) is 50.5 Å². The Bertz CT molecular complexity index is 637. The van der Waals surface area contributed by atoms with Gasteiger partial charge in [-0.2, -0.15) is 5.10 Å². The number of aliphatic carboxylic acids is 1. The van der Waals surface area contributed by atoms with Gasteiger partial charge in [-0.1, -0.05) is 6.07 Å². The number of rotatable bonds is 5. The molecule has 2 rings (SSSR count). The van der Waals surface area contributed by atoms with Gasteiger partial charge in [0.15, 0.2) is 5.82 Å². The van der Waals surface area contributed by atoms with Gasteiger partial charge in [-0.05, 0) is 32.0 Å². The lowest BCUT2D eigenvalue weighted by molar-refractivity contribution is -0.138. The van der Waals surface area contributed by atoms with Gasteiger partial charge in [0.25, 0.3) is 5.91 Å². The van der Waals surface area contributed by atoms with E-state index >= 15 is 0 Å². The molecule has 0 atom stereocenters. The van der Waals surface area contributed by atoms with Crippen molar-refractivity contribution in [3.05, 3.63) is 42.4 Å². The largest absolute Gasteiger partial charge is 0.480 e. The molecule has 0 spiro atoms. The number of amides is 1. The van der Waals surface area contributed by atoms with Crippen LogP contribution in [0.15, 0.2) is 36.7 Å². The summed E-state index contributed by atoms with van der Waals surface area (Å²) in [7, 11) is 0. The van der Waals surface area contributed by atoms with Crippen molar-refractivity contribution in [2.75, 3.05) is 6.54 Å².